The van der Waals surface area contributed by atoms with Crippen molar-refractivity contribution in [3.05, 3.63) is 12.8 Å². The van der Waals surface area contributed by atoms with Crippen LogP contribution in [-0.4, -0.2) is 16.1 Å². The molecule has 0 spiro atoms. The summed E-state index contributed by atoms with van der Waals surface area (Å²) in [6.07, 6.45) is 11.4. The molecule has 0 amide bonds. The summed E-state index contributed by atoms with van der Waals surface area (Å²) in [5, 5.41) is 0. The second kappa shape index (κ2) is 6.57. The van der Waals surface area contributed by atoms with Crippen molar-refractivity contribution < 1.29 is 20.8 Å². The molecular weight excluding hydrogens is 386 g/mol. The molecule has 3 fully saturated rings. The van der Waals surface area contributed by atoms with Crippen molar-refractivity contribution in [3.8, 4) is 0 Å². The Hall–Kier alpha value is 1.90. The maximum atomic E-state index is 4.93. The molecule has 0 aromatic rings. The Morgan fingerprint density at radius 1 is 0.842 bits per heavy atom. The van der Waals surface area contributed by atoms with Crippen LogP contribution in [-0.2, 0) is 20.8 Å². The number of halogens is 2. The molecule has 5 heteroatoms. The van der Waals surface area contributed by atoms with E-state index in [0.29, 0.717) is 0 Å². The van der Waals surface area contributed by atoms with E-state index in [1.54, 1.807) is 12.8 Å². The zero-order valence-corrected chi connectivity index (χ0v) is 18.5. The van der Waals surface area contributed by atoms with Crippen molar-refractivity contribution in [1.29, 1.82) is 0 Å². The van der Waals surface area contributed by atoms with E-state index in [1.807, 2.05) is 0 Å². The Balaban J connectivity index is 0.000000408. The molecule has 3 rings (SSSR count). The van der Waals surface area contributed by atoms with Crippen LogP contribution in [0.4, 0.5) is 0 Å². The standard InChI is InChI=1S/C14H26Si2.2ClH.Zr/c1-15(2)11-7-5-9-13(11)16(3,4)14-10-6-8-12(14)15;;;/h7-8,11-14H,5-6,9-10H2,1-4H3;2*1H;/q-2;;;+4/p-2. The molecule has 0 aromatic heterocycles. The molecule has 3 aliphatic rings. The summed E-state index contributed by atoms with van der Waals surface area (Å²) in [5.41, 5.74) is 4.46. The molecule has 108 valence electrons. The van der Waals surface area contributed by atoms with Gasteiger partial charge in [0.2, 0.25) is 0 Å². The molecule has 0 nitrogen and oxygen atoms in total. The molecule has 1 saturated heterocycles. The van der Waals surface area contributed by atoms with Gasteiger partial charge in [0, 0.05) is 8.07 Å². The van der Waals surface area contributed by atoms with Gasteiger partial charge >= 0.3 is 37.9 Å². The van der Waals surface area contributed by atoms with Gasteiger partial charge in [0.1, 0.15) is 0 Å². The van der Waals surface area contributed by atoms with Crippen LogP contribution in [0, 0.1) is 12.8 Å². The monoisotopic (exact) mass is 410 g/mol. The molecule has 4 atom stereocenters. The van der Waals surface area contributed by atoms with Crippen LogP contribution in [0.2, 0.25) is 48.4 Å². The fourth-order valence-corrected chi connectivity index (χ4v) is 19.5. The molecule has 0 aromatic carbocycles. The zero-order valence-electron chi connectivity index (χ0n) is 12.5. The molecule has 4 unspecified atom stereocenters. The first-order valence-electron chi connectivity index (χ1n) is 7.50. The van der Waals surface area contributed by atoms with Gasteiger partial charge in [0.15, 0.2) is 0 Å². The van der Waals surface area contributed by atoms with Crippen molar-refractivity contribution in [2.24, 2.45) is 0 Å². The normalized spacial score (nSPS) is 41.6. The summed E-state index contributed by atoms with van der Waals surface area (Å²) in [6.45, 7) is 10.8. The maximum absolute atomic E-state index is 4.93. The summed E-state index contributed by atoms with van der Waals surface area (Å²) >= 11 is -0.826. The molecule has 0 N–H and O–H groups in total. The summed E-state index contributed by atoms with van der Waals surface area (Å²) in [5.74, 6) is 0. The predicted octanol–water partition coefficient (Wildman–Crippen LogP) is 6.27. The van der Waals surface area contributed by atoms with Crippen LogP contribution in [0.25, 0.3) is 0 Å². The van der Waals surface area contributed by atoms with E-state index in [4.69, 9.17) is 17.0 Å². The first kappa shape index (κ1) is 17.3. The van der Waals surface area contributed by atoms with Gasteiger partial charge in [-0.1, -0.05) is 50.1 Å². The van der Waals surface area contributed by atoms with E-state index in [-0.39, 0.29) is 0 Å². The van der Waals surface area contributed by atoms with Crippen LogP contribution in [0.1, 0.15) is 25.7 Å². The van der Waals surface area contributed by atoms with Gasteiger partial charge in [-0.05, 0) is 8.07 Å². The number of fused-ring (bicyclic) bond motifs is 2. The Morgan fingerprint density at radius 3 is 1.58 bits per heavy atom. The van der Waals surface area contributed by atoms with Crippen molar-refractivity contribution in [2.75, 3.05) is 0 Å². The number of hydrogen-bond acceptors (Lipinski definition) is 0. The fourth-order valence-electron chi connectivity index (χ4n) is 5.41. The number of rotatable bonds is 0. The second-order valence-electron chi connectivity index (χ2n) is 7.60. The quantitative estimate of drug-likeness (QED) is 0.325. The average Bonchev–Trinajstić information content (AvgIpc) is 2.99. The third kappa shape index (κ3) is 3.03. The van der Waals surface area contributed by atoms with Gasteiger partial charge in [-0.15, -0.1) is 0 Å². The predicted molar refractivity (Wildman–Crippen MR) is 88.7 cm³/mol. The first-order chi connectivity index (χ1) is 8.87. The molecule has 0 bridgehead atoms. The van der Waals surface area contributed by atoms with Crippen LogP contribution >= 0.6 is 17.0 Å². The van der Waals surface area contributed by atoms with Crippen LogP contribution in [0.15, 0.2) is 0 Å². The SMILES string of the molecule is C[Si]1(C)C2[CH-]CCC2[Si](C)(C)C2CC[CH-]C21.[Cl][Zr+2][Cl]. The Kier molecular flexibility index (Phi) is 5.96. The van der Waals surface area contributed by atoms with Crippen LogP contribution < -0.4 is 0 Å². The van der Waals surface area contributed by atoms with Crippen molar-refractivity contribution >= 4 is 33.2 Å². The fraction of sp³-hybridized carbons (Fsp3) is 0.857. The van der Waals surface area contributed by atoms with E-state index in [1.165, 1.54) is 12.8 Å². The molecule has 19 heavy (non-hydrogen) atoms. The van der Waals surface area contributed by atoms with Crippen LogP contribution in [0.3, 0.4) is 0 Å². The molecule has 2 aliphatic carbocycles. The van der Waals surface area contributed by atoms with E-state index in [2.05, 4.69) is 39.0 Å². The van der Waals surface area contributed by atoms with Crippen molar-refractivity contribution in [1.82, 2.24) is 0 Å². The average molecular weight is 413 g/mol. The second-order valence-corrected chi connectivity index (χ2v) is 21.4. The Morgan fingerprint density at radius 2 is 1.21 bits per heavy atom. The summed E-state index contributed by atoms with van der Waals surface area (Å²) in [4.78, 5) is 0. The summed E-state index contributed by atoms with van der Waals surface area (Å²) in [6, 6.07) is 0. The van der Waals surface area contributed by atoms with Gasteiger partial charge in [-0.3, -0.25) is 0 Å². The zero-order chi connectivity index (χ0) is 14.3. The van der Waals surface area contributed by atoms with E-state index >= 15 is 0 Å². The first-order valence-corrected chi connectivity index (χ1v) is 20.1. The van der Waals surface area contributed by atoms with Gasteiger partial charge < -0.3 is 12.8 Å². The van der Waals surface area contributed by atoms with E-state index < -0.39 is 37.0 Å². The summed E-state index contributed by atoms with van der Waals surface area (Å²) < 4.78 is 0. The van der Waals surface area contributed by atoms with Gasteiger partial charge in [0.05, 0.1) is 0 Å². The van der Waals surface area contributed by atoms with Crippen LogP contribution in [0.5, 0.6) is 0 Å². The van der Waals surface area contributed by atoms with Gasteiger partial charge in [0.25, 0.3) is 0 Å². The number of hydrogen-bond donors (Lipinski definition) is 0. The molecule has 1 aliphatic heterocycles. The van der Waals surface area contributed by atoms with Crippen molar-refractivity contribution in [3.63, 3.8) is 0 Å². The Bertz CT molecular complexity index is 269. The van der Waals surface area contributed by atoms with E-state index in [0.717, 1.165) is 22.2 Å². The topological polar surface area (TPSA) is 0 Å². The third-order valence-electron chi connectivity index (χ3n) is 6.29. The molecule has 0 radical (unpaired) electrons. The van der Waals surface area contributed by atoms with Crippen molar-refractivity contribution in [2.45, 2.75) is 74.0 Å². The summed E-state index contributed by atoms with van der Waals surface area (Å²) in [7, 11) is 7.88. The molecular formula is C14H26Cl2Si2Zr. The van der Waals surface area contributed by atoms with Gasteiger partial charge in [-0.25, -0.2) is 0 Å². The molecule has 1 heterocycles. The van der Waals surface area contributed by atoms with E-state index in [9.17, 15) is 0 Å². The minimum atomic E-state index is -1.02. The third-order valence-corrected chi connectivity index (χ3v) is 16.8. The molecule has 2 saturated carbocycles. The Labute approximate surface area is 140 Å². The van der Waals surface area contributed by atoms with Gasteiger partial charge in [-0.2, -0.15) is 23.9 Å². The minimum absolute atomic E-state index is 0.826.